The first kappa shape index (κ1) is 37.3. The maximum absolute atomic E-state index is 12.2. The number of nitrogens with one attached hydrogen (secondary N) is 1. The second-order valence-electron chi connectivity index (χ2n) is 9.77. The van der Waals surface area contributed by atoms with Gasteiger partial charge >= 0.3 is 0 Å². The van der Waals surface area contributed by atoms with Gasteiger partial charge in [-0.2, -0.15) is 0 Å². The molecule has 4 nitrogen and oxygen atoms in total. The van der Waals surface area contributed by atoms with Gasteiger partial charge < -0.3 is 15.5 Å². The third-order valence-corrected chi connectivity index (χ3v) is 6.06. The fourth-order valence-corrected chi connectivity index (χ4v) is 3.68. The van der Waals surface area contributed by atoms with Gasteiger partial charge in [-0.05, 0) is 70.6 Å². The first-order valence-electron chi connectivity index (χ1n) is 15.5. The summed E-state index contributed by atoms with van der Waals surface area (Å²) in [4.78, 5) is 12.2. The Bertz CT molecular complexity index is 814. The van der Waals surface area contributed by atoms with Crippen molar-refractivity contribution in [2.45, 2.75) is 116 Å². The number of aliphatic hydroxyl groups is 2. The van der Waals surface area contributed by atoms with Crippen molar-refractivity contribution in [2.75, 3.05) is 6.61 Å². The number of unbranched alkanes of at least 4 members (excludes halogenated alkanes) is 4. The van der Waals surface area contributed by atoms with Gasteiger partial charge in [-0.3, -0.25) is 4.79 Å². The van der Waals surface area contributed by atoms with Gasteiger partial charge in [0.25, 0.3) is 0 Å². The maximum atomic E-state index is 12.2. The van der Waals surface area contributed by atoms with Gasteiger partial charge in [0, 0.05) is 6.42 Å². The van der Waals surface area contributed by atoms with E-state index in [1.165, 1.54) is 19.3 Å². The first-order valence-corrected chi connectivity index (χ1v) is 15.5. The van der Waals surface area contributed by atoms with Gasteiger partial charge in [-0.25, -0.2) is 0 Å². The summed E-state index contributed by atoms with van der Waals surface area (Å²) in [5, 5.41) is 22.6. The van der Waals surface area contributed by atoms with Crippen LogP contribution in [0.1, 0.15) is 104 Å². The number of allylic oxidation sites excluding steroid dienone is 15. The van der Waals surface area contributed by atoms with Crippen LogP contribution in [0.2, 0.25) is 0 Å². The van der Waals surface area contributed by atoms with Gasteiger partial charge in [0.05, 0.1) is 18.8 Å². The number of carbonyl (C=O) groups is 1. The number of hydrogen-bond donors (Lipinski definition) is 3. The highest BCUT2D eigenvalue weighted by Crippen LogP contribution is 2.04. The van der Waals surface area contributed by atoms with E-state index in [1.807, 2.05) is 12.2 Å². The fraction of sp³-hybridized carbons (Fsp3) is 0.528. The molecule has 0 bridgehead atoms. The van der Waals surface area contributed by atoms with E-state index in [0.29, 0.717) is 12.8 Å². The standard InChI is InChI=1S/C36H57NO3/c1-3-5-7-9-11-13-14-15-16-17-18-19-20-21-22-24-26-28-30-32-36(40)37-34(33-38)35(39)31-29-27-25-23-12-10-8-6-4-2/h5,7,11-13,15-16,18-19,21-23,26,28-29,31,34-35,38-39H,3-4,6,8-10,14,17,20,24-25,27,30,32-33H2,1-2H3,(H,37,40)/b7-5-,13-11-,16-15-,19-18-,22-21-,23-12+,28-26-,31-29+. The lowest BCUT2D eigenvalue weighted by Gasteiger charge is -2.19. The highest BCUT2D eigenvalue weighted by atomic mass is 16.3. The Balaban J connectivity index is 3.92. The quantitative estimate of drug-likeness (QED) is 0.0784. The van der Waals surface area contributed by atoms with Gasteiger partial charge in [0.15, 0.2) is 0 Å². The highest BCUT2D eigenvalue weighted by Gasteiger charge is 2.17. The van der Waals surface area contributed by atoms with Crippen molar-refractivity contribution in [2.24, 2.45) is 0 Å². The minimum atomic E-state index is -0.895. The summed E-state index contributed by atoms with van der Waals surface area (Å²) in [6.45, 7) is 4.05. The molecule has 1 amide bonds. The molecule has 0 aromatic heterocycles. The fourth-order valence-electron chi connectivity index (χ4n) is 3.68. The van der Waals surface area contributed by atoms with E-state index in [1.54, 1.807) is 6.08 Å². The summed E-state index contributed by atoms with van der Waals surface area (Å²) >= 11 is 0. The van der Waals surface area contributed by atoms with Gasteiger partial charge in [0.1, 0.15) is 0 Å². The molecule has 0 heterocycles. The molecule has 224 valence electrons. The van der Waals surface area contributed by atoms with E-state index in [2.05, 4.69) is 98.2 Å². The van der Waals surface area contributed by atoms with Crippen molar-refractivity contribution in [3.05, 3.63) is 97.2 Å². The molecule has 0 aliphatic rings. The van der Waals surface area contributed by atoms with E-state index in [9.17, 15) is 15.0 Å². The van der Waals surface area contributed by atoms with E-state index >= 15 is 0 Å². The Hall–Kier alpha value is -2.69. The molecule has 0 spiro atoms. The van der Waals surface area contributed by atoms with Crippen LogP contribution >= 0.6 is 0 Å². The molecule has 0 saturated heterocycles. The predicted octanol–water partition coefficient (Wildman–Crippen LogP) is 8.78. The zero-order chi connectivity index (χ0) is 29.4. The van der Waals surface area contributed by atoms with Crippen LogP contribution in [-0.4, -0.2) is 34.9 Å². The second kappa shape index (κ2) is 30.8. The van der Waals surface area contributed by atoms with Crippen LogP contribution in [0.5, 0.6) is 0 Å². The van der Waals surface area contributed by atoms with Crippen LogP contribution in [0.15, 0.2) is 97.2 Å². The summed E-state index contributed by atoms with van der Waals surface area (Å²) in [7, 11) is 0. The van der Waals surface area contributed by atoms with E-state index in [4.69, 9.17) is 0 Å². The molecule has 40 heavy (non-hydrogen) atoms. The van der Waals surface area contributed by atoms with Crippen LogP contribution in [-0.2, 0) is 4.79 Å². The summed E-state index contributed by atoms with van der Waals surface area (Å²) in [6.07, 6.45) is 46.4. The zero-order valence-electron chi connectivity index (χ0n) is 25.3. The second-order valence-corrected chi connectivity index (χ2v) is 9.77. The number of hydrogen-bond acceptors (Lipinski definition) is 3. The van der Waals surface area contributed by atoms with E-state index in [0.717, 1.165) is 57.8 Å². The largest absolute Gasteiger partial charge is 0.394 e. The number of amides is 1. The normalized spacial score (nSPS) is 14.6. The zero-order valence-corrected chi connectivity index (χ0v) is 25.3. The lowest BCUT2D eigenvalue weighted by atomic mass is 10.1. The monoisotopic (exact) mass is 551 g/mol. The van der Waals surface area contributed by atoms with Crippen molar-refractivity contribution >= 4 is 5.91 Å². The molecule has 0 saturated carbocycles. The van der Waals surface area contributed by atoms with E-state index in [-0.39, 0.29) is 12.5 Å². The van der Waals surface area contributed by atoms with Gasteiger partial charge in [-0.15, -0.1) is 0 Å². The molecule has 0 aromatic rings. The molecule has 0 rings (SSSR count). The third kappa shape index (κ3) is 26.9. The molecule has 0 aliphatic carbocycles. The molecule has 0 radical (unpaired) electrons. The Kier molecular flexibility index (Phi) is 28.8. The Morgan fingerprint density at radius 1 is 0.625 bits per heavy atom. The Morgan fingerprint density at radius 2 is 1.10 bits per heavy atom. The predicted molar refractivity (Wildman–Crippen MR) is 174 cm³/mol. The molecule has 2 atom stereocenters. The van der Waals surface area contributed by atoms with Crippen LogP contribution in [0.25, 0.3) is 0 Å². The molecule has 2 unspecified atom stereocenters. The summed E-state index contributed by atoms with van der Waals surface area (Å²) in [5.41, 5.74) is 0. The number of aliphatic hydroxyl groups excluding tert-OH is 2. The number of carbonyl (C=O) groups excluding carboxylic acids is 1. The maximum Gasteiger partial charge on any atom is 0.220 e. The van der Waals surface area contributed by atoms with Crippen molar-refractivity contribution in [1.29, 1.82) is 0 Å². The Labute approximate surface area is 245 Å². The molecule has 0 aliphatic heterocycles. The van der Waals surface area contributed by atoms with Crippen molar-refractivity contribution in [1.82, 2.24) is 5.32 Å². The minimum Gasteiger partial charge on any atom is -0.394 e. The molecule has 0 aromatic carbocycles. The third-order valence-electron chi connectivity index (χ3n) is 6.06. The van der Waals surface area contributed by atoms with Gasteiger partial charge in [0.2, 0.25) is 5.91 Å². The molecule has 4 heteroatoms. The molecule has 0 fully saturated rings. The smallest absolute Gasteiger partial charge is 0.220 e. The van der Waals surface area contributed by atoms with Crippen molar-refractivity contribution in [3.63, 3.8) is 0 Å². The molecular weight excluding hydrogens is 494 g/mol. The average molecular weight is 552 g/mol. The SMILES string of the molecule is CC/C=C\C/C=C\C/C=C\C/C=C\C/C=C\C/C=C\CCC(=O)NC(CO)C(O)/C=C/CC/C=C/CCCCC. The summed E-state index contributed by atoms with van der Waals surface area (Å²) in [6, 6.07) is -0.682. The van der Waals surface area contributed by atoms with Crippen molar-refractivity contribution < 1.29 is 15.0 Å². The Morgan fingerprint density at radius 3 is 1.62 bits per heavy atom. The highest BCUT2D eigenvalue weighted by molar-refractivity contribution is 5.76. The van der Waals surface area contributed by atoms with Crippen LogP contribution in [0.3, 0.4) is 0 Å². The van der Waals surface area contributed by atoms with Crippen LogP contribution in [0, 0.1) is 0 Å². The van der Waals surface area contributed by atoms with E-state index < -0.39 is 12.1 Å². The molecule has 3 N–H and O–H groups in total. The first-order chi connectivity index (χ1) is 19.7. The topological polar surface area (TPSA) is 69.6 Å². The average Bonchev–Trinajstić information content (AvgIpc) is 2.96. The lowest BCUT2D eigenvalue weighted by Crippen LogP contribution is -2.45. The lowest BCUT2D eigenvalue weighted by molar-refractivity contribution is -0.122. The number of rotatable bonds is 25. The summed E-state index contributed by atoms with van der Waals surface area (Å²) < 4.78 is 0. The van der Waals surface area contributed by atoms with Gasteiger partial charge in [-0.1, -0.05) is 124 Å². The van der Waals surface area contributed by atoms with Crippen LogP contribution in [0.4, 0.5) is 0 Å². The van der Waals surface area contributed by atoms with Crippen molar-refractivity contribution in [3.8, 4) is 0 Å². The summed E-state index contributed by atoms with van der Waals surface area (Å²) in [5.74, 6) is -0.166. The minimum absolute atomic E-state index is 0.166. The molecular formula is C36H57NO3. The van der Waals surface area contributed by atoms with Crippen LogP contribution < -0.4 is 5.32 Å².